The Morgan fingerprint density at radius 2 is 2.04 bits per heavy atom. The van der Waals surface area contributed by atoms with E-state index < -0.39 is 10.0 Å². The van der Waals surface area contributed by atoms with Gasteiger partial charge in [0, 0.05) is 44.8 Å². The fourth-order valence-corrected chi connectivity index (χ4v) is 4.66. The van der Waals surface area contributed by atoms with Gasteiger partial charge in [-0.1, -0.05) is 6.07 Å². The molecule has 2 heterocycles. The van der Waals surface area contributed by atoms with Crippen LogP contribution in [-0.4, -0.2) is 50.9 Å². The van der Waals surface area contributed by atoms with Crippen LogP contribution in [0.25, 0.3) is 0 Å². The topological polar surface area (TPSA) is 69.7 Å². The Morgan fingerprint density at radius 1 is 1.30 bits per heavy atom. The summed E-state index contributed by atoms with van der Waals surface area (Å²) in [5.41, 5.74) is 1.76. The molecule has 2 aliphatic rings. The van der Waals surface area contributed by atoms with Crippen LogP contribution >= 0.6 is 12.4 Å². The van der Waals surface area contributed by atoms with E-state index in [1.54, 1.807) is 17.0 Å². The molecule has 0 saturated carbocycles. The summed E-state index contributed by atoms with van der Waals surface area (Å²) in [7, 11) is -3.51. The van der Waals surface area contributed by atoms with Crippen LogP contribution in [0.1, 0.15) is 19.4 Å². The van der Waals surface area contributed by atoms with Crippen LogP contribution in [0.3, 0.4) is 0 Å². The molecule has 1 fully saturated rings. The first-order valence-corrected chi connectivity index (χ1v) is 8.98. The summed E-state index contributed by atoms with van der Waals surface area (Å²) in [6.07, 6.45) is 0.778. The van der Waals surface area contributed by atoms with Crippen molar-refractivity contribution in [2.24, 2.45) is 0 Å². The van der Waals surface area contributed by atoms with Crippen LogP contribution in [0, 0.1) is 0 Å². The number of fused-ring (bicyclic) bond motifs is 1. The van der Waals surface area contributed by atoms with Crippen LogP contribution in [0.15, 0.2) is 23.1 Å². The lowest BCUT2D eigenvalue weighted by atomic mass is 10.2. The molecule has 128 valence electrons. The van der Waals surface area contributed by atoms with E-state index in [0.717, 1.165) is 17.7 Å². The average Bonchev–Trinajstić information content (AvgIpc) is 2.90. The highest BCUT2D eigenvalue weighted by Gasteiger charge is 2.30. The number of nitrogens with one attached hydrogen (secondary N) is 1. The first-order chi connectivity index (χ1) is 10.4. The molecule has 0 aromatic heterocycles. The van der Waals surface area contributed by atoms with Crippen molar-refractivity contribution >= 4 is 34.0 Å². The van der Waals surface area contributed by atoms with Gasteiger partial charge < -0.3 is 10.2 Å². The molecule has 0 bridgehead atoms. The number of hydrogen-bond acceptors (Lipinski definition) is 4. The number of anilines is 1. The molecule has 23 heavy (non-hydrogen) atoms. The van der Waals surface area contributed by atoms with Gasteiger partial charge in [0.25, 0.3) is 0 Å². The second-order valence-electron chi connectivity index (χ2n) is 5.93. The summed E-state index contributed by atoms with van der Waals surface area (Å²) >= 11 is 0. The molecule has 3 rings (SSSR count). The zero-order valence-corrected chi connectivity index (χ0v) is 14.9. The van der Waals surface area contributed by atoms with Gasteiger partial charge in [0.2, 0.25) is 15.9 Å². The van der Waals surface area contributed by atoms with E-state index in [2.05, 4.69) is 5.32 Å². The van der Waals surface area contributed by atoms with E-state index in [1.807, 2.05) is 13.0 Å². The minimum Gasteiger partial charge on any atom is -0.312 e. The second-order valence-corrected chi connectivity index (χ2v) is 7.87. The first-order valence-electron chi connectivity index (χ1n) is 7.54. The normalized spacial score (nSPS) is 21.7. The summed E-state index contributed by atoms with van der Waals surface area (Å²) in [6.45, 7) is 5.70. The van der Waals surface area contributed by atoms with E-state index in [4.69, 9.17) is 0 Å². The van der Waals surface area contributed by atoms with Crippen molar-refractivity contribution in [3.8, 4) is 0 Å². The highest BCUT2D eigenvalue weighted by molar-refractivity contribution is 7.89. The van der Waals surface area contributed by atoms with Gasteiger partial charge in [-0.25, -0.2) is 8.42 Å². The van der Waals surface area contributed by atoms with Gasteiger partial charge >= 0.3 is 0 Å². The number of benzene rings is 1. The van der Waals surface area contributed by atoms with Gasteiger partial charge in [0.15, 0.2) is 0 Å². The number of halogens is 1. The molecule has 0 unspecified atom stereocenters. The minimum atomic E-state index is -3.51. The molecule has 1 aromatic rings. The molecular formula is C15H22ClN3O3S. The van der Waals surface area contributed by atoms with Gasteiger partial charge in [0.05, 0.1) is 4.90 Å². The summed E-state index contributed by atoms with van der Waals surface area (Å²) in [6, 6.07) is 5.28. The predicted molar refractivity (Wildman–Crippen MR) is 91.6 cm³/mol. The smallest absolute Gasteiger partial charge is 0.243 e. The zero-order valence-electron chi connectivity index (χ0n) is 13.3. The lowest BCUT2D eigenvalue weighted by molar-refractivity contribution is -0.116. The number of carbonyl (C=O) groups excluding carboxylic acids is 1. The Kier molecular flexibility index (Phi) is 5.35. The Balaban J connectivity index is 0.00000192. The molecule has 2 aliphatic heterocycles. The molecule has 0 radical (unpaired) electrons. The molecule has 6 nitrogen and oxygen atoms in total. The number of piperazine rings is 1. The molecule has 1 saturated heterocycles. The zero-order chi connectivity index (χ0) is 15.9. The lowest BCUT2D eigenvalue weighted by Crippen LogP contribution is -2.51. The number of carbonyl (C=O) groups is 1. The van der Waals surface area contributed by atoms with Gasteiger partial charge in [-0.3, -0.25) is 4.79 Å². The third-order valence-corrected chi connectivity index (χ3v) is 6.16. The SMILES string of the molecule is CC(=O)N1CCc2ccc(S(=O)(=O)N3CCN[C@H](C)C3)cc21.Cl. The van der Waals surface area contributed by atoms with E-state index in [1.165, 1.54) is 11.2 Å². The maximum atomic E-state index is 12.8. The molecule has 8 heteroatoms. The number of rotatable bonds is 2. The van der Waals surface area contributed by atoms with Gasteiger partial charge in [-0.2, -0.15) is 4.31 Å². The third-order valence-electron chi connectivity index (χ3n) is 4.30. The molecule has 1 aromatic carbocycles. The van der Waals surface area contributed by atoms with Crippen LogP contribution in [0.5, 0.6) is 0 Å². The summed E-state index contributed by atoms with van der Waals surface area (Å²) < 4.78 is 27.1. The Hall–Kier alpha value is -1.15. The van der Waals surface area contributed by atoms with Crippen molar-refractivity contribution in [3.63, 3.8) is 0 Å². The van der Waals surface area contributed by atoms with Gasteiger partial charge in [0.1, 0.15) is 0 Å². The van der Waals surface area contributed by atoms with Crippen LogP contribution in [0.4, 0.5) is 5.69 Å². The molecule has 1 atom stereocenters. The van der Waals surface area contributed by atoms with E-state index in [-0.39, 0.29) is 29.3 Å². The summed E-state index contributed by atoms with van der Waals surface area (Å²) in [4.78, 5) is 13.6. The van der Waals surface area contributed by atoms with E-state index in [0.29, 0.717) is 26.2 Å². The number of hydrogen-bond donors (Lipinski definition) is 1. The second kappa shape index (κ2) is 6.76. The van der Waals surface area contributed by atoms with E-state index in [9.17, 15) is 13.2 Å². The van der Waals surface area contributed by atoms with Crippen molar-refractivity contribution < 1.29 is 13.2 Å². The van der Waals surface area contributed by atoms with Crippen LogP contribution in [-0.2, 0) is 21.2 Å². The Morgan fingerprint density at radius 3 is 2.70 bits per heavy atom. The summed E-state index contributed by atoms with van der Waals surface area (Å²) in [5.74, 6) is -0.0518. The van der Waals surface area contributed by atoms with Crippen molar-refractivity contribution in [2.75, 3.05) is 31.1 Å². The number of sulfonamides is 1. The highest BCUT2D eigenvalue weighted by Crippen LogP contribution is 2.31. The predicted octanol–water partition coefficient (Wildman–Crippen LogP) is 1.000. The molecule has 1 amide bonds. The Bertz CT molecular complexity index is 708. The highest BCUT2D eigenvalue weighted by atomic mass is 35.5. The van der Waals surface area contributed by atoms with Crippen molar-refractivity contribution in [1.29, 1.82) is 0 Å². The third kappa shape index (κ3) is 3.38. The molecule has 1 N–H and O–H groups in total. The largest absolute Gasteiger partial charge is 0.312 e. The molecule has 0 spiro atoms. The fraction of sp³-hybridized carbons (Fsp3) is 0.533. The monoisotopic (exact) mass is 359 g/mol. The first kappa shape index (κ1) is 18.2. The number of nitrogens with zero attached hydrogens (tertiary/aromatic N) is 2. The van der Waals surface area contributed by atoms with Gasteiger partial charge in [-0.05, 0) is 31.0 Å². The van der Waals surface area contributed by atoms with Crippen LogP contribution < -0.4 is 10.2 Å². The average molecular weight is 360 g/mol. The minimum absolute atomic E-state index is 0. The standard InChI is InChI=1S/C15H21N3O3S.ClH/c1-11-10-17(8-6-16-11)22(20,21)14-4-3-13-5-7-18(12(2)19)15(13)9-14;/h3-4,9,11,16H,5-8,10H2,1-2H3;1H/t11-;/m1./s1. The van der Waals surface area contributed by atoms with Gasteiger partial charge in [-0.15, -0.1) is 12.4 Å². The summed E-state index contributed by atoms with van der Waals surface area (Å²) in [5, 5.41) is 3.24. The maximum absolute atomic E-state index is 12.8. The maximum Gasteiger partial charge on any atom is 0.243 e. The van der Waals surface area contributed by atoms with Crippen molar-refractivity contribution in [1.82, 2.24) is 9.62 Å². The van der Waals surface area contributed by atoms with Crippen LogP contribution in [0.2, 0.25) is 0 Å². The molecule has 0 aliphatic carbocycles. The van der Waals surface area contributed by atoms with Crippen molar-refractivity contribution in [3.05, 3.63) is 23.8 Å². The fourth-order valence-electron chi connectivity index (χ4n) is 3.11. The number of amides is 1. The quantitative estimate of drug-likeness (QED) is 0.855. The molecular weight excluding hydrogens is 338 g/mol. The van der Waals surface area contributed by atoms with E-state index >= 15 is 0 Å². The Labute approximate surface area is 143 Å². The van der Waals surface area contributed by atoms with Crippen molar-refractivity contribution in [2.45, 2.75) is 31.2 Å². The lowest BCUT2D eigenvalue weighted by Gasteiger charge is -2.31.